The third-order valence-corrected chi connectivity index (χ3v) is 3.38. The number of hydrogen-bond acceptors (Lipinski definition) is 5. The average molecular weight is 356 g/mol. The monoisotopic (exact) mass is 355 g/mol. The van der Waals surface area contributed by atoms with E-state index < -0.39 is 5.97 Å². The van der Waals surface area contributed by atoms with Crippen LogP contribution in [0.15, 0.2) is 22.7 Å². The van der Waals surface area contributed by atoms with E-state index in [0.717, 1.165) is 10.0 Å². The van der Waals surface area contributed by atoms with Crippen LogP contribution in [-0.2, 0) is 17.9 Å². The molecule has 0 aliphatic rings. The van der Waals surface area contributed by atoms with Crippen molar-refractivity contribution in [2.45, 2.75) is 13.2 Å². The molecule has 0 unspecified atom stereocenters. The predicted molar refractivity (Wildman–Crippen MR) is 77.5 cm³/mol. The van der Waals surface area contributed by atoms with Gasteiger partial charge in [0.2, 0.25) is 0 Å². The van der Waals surface area contributed by atoms with Gasteiger partial charge in [-0.2, -0.15) is 0 Å². The average Bonchev–Trinajstić information content (AvgIpc) is 2.83. The van der Waals surface area contributed by atoms with Crippen molar-refractivity contribution in [3.63, 3.8) is 0 Å². The quantitative estimate of drug-likeness (QED) is 0.851. The van der Waals surface area contributed by atoms with Crippen molar-refractivity contribution in [2.24, 2.45) is 0 Å². The summed E-state index contributed by atoms with van der Waals surface area (Å²) in [6.45, 7) is 0.451. The van der Waals surface area contributed by atoms with E-state index in [9.17, 15) is 4.79 Å². The number of rotatable bonds is 6. The Morgan fingerprint density at radius 3 is 2.81 bits per heavy atom. The molecule has 0 aliphatic heterocycles. The van der Waals surface area contributed by atoms with Gasteiger partial charge in [0.15, 0.2) is 5.69 Å². The second kappa shape index (κ2) is 6.68. The zero-order valence-electron chi connectivity index (χ0n) is 11.5. The highest BCUT2D eigenvalue weighted by Crippen LogP contribution is 2.24. The molecule has 0 bridgehead atoms. The summed E-state index contributed by atoms with van der Waals surface area (Å²) < 4.78 is 12.7. The third-order valence-electron chi connectivity index (χ3n) is 2.88. The number of ether oxygens (including phenoxy) is 2. The fraction of sp³-hybridized carbons (Fsp3) is 0.308. The number of methoxy groups -OCH3 is 2. The molecule has 0 atom stereocenters. The fourth-order valence-electron chi connectivity index (χ4n) is 1.94. The van der Waals surface area contributed by atoms with Crippen molar-refractivity contribution in [2.75, 3.05) is 14.2 Å². The van der Waals surface area contributed by atoms with Gasteiger partial charge >= 0.3 is 5.97 Å². The van der Waals surface area contributed by atoms with Crippen LogP contribution in [0.4, 0.5) is 0 Å². The number of carboxylic acids is 1. The summed E-state index contributed by atoms with van der Waals surface area (Å²) >= 11 is 3.40. The normalized spacial score (nSPS) is 10.6. The molecule has 0 aliphatic carbocycles. The Bertz CT molecular complexity index is 657. The van der Waals surface area contributed by atoms with Crippen LogP contribution >= 0.6 is 15.9 Å². The second-order valence-electron chi connectivity index (χ2n) is 4.24. The largest absolute Gasteiger partial charge is 0.496 e. The smallest absolute Gasteiger partial charge is 0.358 e. The van der Waals surface area contributed by atoms with Crippen LogP contribution < -0.4 is 4.74 Å². The second-order valence-corrected chi connectivity index (χ2v) is 5.15. The van der Waals surface area contributed by atoms with Gasteiger partial charge in [-0.25, -0.2) is 9.48 Å². The molecule has 0 amide bonds. The summed E-state index contributed by atoms with van der Waals surface area (Å²) in [6.07, 6.45) is 0. The Kier molecular flexibility index (Phi) is 4.92. The molecule has 0 spiro atoms. The van der Waals surface area contributed by atoms with E-state index >= 15 is 0 Å². The number of carboxylic acid groups (broad SMARTS) is 1. The van der Waals surface area contributed by atoms with Crippen LogP contribution in [0, 0.1) is 0 Å². The molecule has 2 rings (SSSR count). The summed E-state index contributed by atoms with van der Waals surface area (Å²) in [5.41, 5.74) is 1.16. The lowest BCUT2D eigenvalue weighted by Gasteiger charge is -2.11. The highest BCUT2D eigenvalue weighted by Gasteiger charge is 2.19. The maximum atomic E-state index is 11.1. The lowest BCUT2D eigenvalue weighted by Crippen LogP contribution is -2.11. The highest BCUT2D eigenvalue weighted by atomic mass is 79.9. The zero-order valence-corrected chi connectivity index (χ0v) is 13.1. The van der Waals surface area contributed by atoms with E-state index in [4.69, 9.17) is 14.6 Å². The van der Waals surface area contributed by atoms with Gasteiger partial charge in [-0.1, -0.05) is 21.1 Å². The van der Waals surface area contributed by atoms with E-state index in [-0.39, 0.29) is 12.3 Å². The molecule has 2 aromatic rings. The van der Waals surface area contributed by atoms with E-state index in [0.29, 0.717) is 18.0 Å². The maximum absolute atomic E-state index is 11.1. The van der Waals surface area contributed by atoms with Crippen molar-refractivity contribution in [3.05, 3.63) is 39.6 Å². The molecule has 1 aromatic heterocycles. The number of carbonyl (C=O) groups is 1. The molecule has 112 valence electrons. The molecule has 1 aromatic carbocycles. The van der Waals surface area contributed by atoms with Gasteiger partial charge in [0.05, 0.1) is 26.0 Å². The van der Waals surface area contributed by atoms with Gasteiger partial charge in [0, 0.05) is 17.1 Å². The van der Waals surface area contributed by atoms with Crippen molar-refractivity contribution in [3.8, 4) is 5.75 Å². The SMILES string of the molecule is COCc1c(C(=O)O)nnn1Cc1cc(Br)ccc1OC. The zero-order chi connectivity index (χ0) is 15.4. The Hall–Kier alpha value is -1.93. The molecule has 1 N–H and O–H groups in total. The standard InChI is InChI=1S/C13H14BrN3O4/c1-20-7-10-12(13(18)19)15-16-17(10)6-8-5-9(14)3-4-11(8)21-2/h3-5H,6-7H2,1-2H3,(H,18,19). The van der Waals surface area contributed by atoms with Gasteiger partial charge in [-0.05, 0) is 18.2 Å². The molecule has 1 heterocycles. The topological polar surface area (TPSA) is 86.5 Å². The van der Waals surface area contributed by atoms with Crippen LogP contribution in [0.1, 0.15) is 21.7 Å². The first-order chi connectivity index (χ1) is 10.1. The first kappa shape index (κ1) is 15.5. The minimum absolute atomic E-state index is 0.106. The van der Waals surface area contributed by atoms with Crippen LogP contribution in [0.2, 0.25) is 0 Å². The first-order valence-electron chi connectivity index (χ1n) is 6.03. The third kappa shape index (κ3) is 3.40. The molecule has 7 nitrogen and oxygen atoms in total. The van der Waals surface area contributed by atoms with Crippen LogP contribution in [0.25, 0.3) is 0 Å². The van der Waals surface area contributed by atoms with Crippen molar-refractivity contribution >= 4 is 21.9 Å². The van der Waals surface area contributed by atoms with Gasteiger partial charge in [0.1, 0.15) is 5.75 Å². The number of nitrogens with zero attached hydrogens (tertiary/aromatic N) is 3. The minimum Gasteiger partial charge on any atom is -0.496 e. The summed E-state index contributed by atoms with van der Waals surface area (Å²) in [5.74, 6) is -0.441. The van der Waals surface area contributed by atoms with Crippen molar-refractivity contribution in [1.29, 1.82) is 0 Å². The lowest BCUT2D eigenvalue weighted by atomic mass is 10.2. The van der Waals surface area contributed by atoms with Gasteiger partial charge in [0.25, 0.3) is 0 Å². The number of aromatic nitrogens is 3. The van der Waals surface area contributed by atoms with Crippen LogP contribution in [0.5, 0.6) is 5.75 Å². The summed E-state index contributed by atoms with van der Waals surface area (Å²) in [4.78, 5) is 11.1. The molecular formula is C13H14BrN3O4. The van der Waals surface area contributed by atoms with Crippen LogP contribution in [0.3, 0.4) is 0 Å². The molecule has 0 saturated heterocycles. The first-order valence-corrected chi connectivity index (χ1v) is 6.83. The van der Waals surface area contributed by atoms with E-state index in [1.54, 1.807) is 7.11 Å². The Labute approximate surface area is 129 Å². The van der Waals surface area contributed by atoms with E-state index in [1.165, 1.54) is 11.8 Å². The molecule has 0 saturated carbocycles. The summed E-state index contributed by atoms with van der Waals surface area (Å²) in [7, 11) is 3.06. The Morgan fingerprint density at radius 2 is 2.19 bits per heavy atom. The van der Waals surface area contributed by atoms with Gasteiger partial charge < -0.3 is 14.6 Å². The molecule has 0 fully saturated rings. The number of halogens is 1. The number of aromatic carboxylic acids is 1. The molecular weight excluding hydrogens is 342 g/mol. The lowest BCUT2D eigenvalue weighted by molar-refractivity contribution is 0.0684. The van der Waals surface area contributed by atoms with Crippen molar-refractivity contribution < 1.29 is 19.4 Å². The fourth-order valence-corrected chi connectivity index (χ4v) is 2.35. The van der Waals surface area contributed by atoms with Gasteiger partial charge in [-0.3, -0.25) is 0 Å². The van der Waals surface area contributed by atoms with E-state index in [2.05, 4.69) is 26.2 Å². The van der Waals surface area contributed by atoms with E-state index in [1.807, 2.05) is 18.2 Å². The molecule has 8 heteroatoms. The predicted octanol–water partition coefficient (Wildman–Crippen LogP) is 1.94. The van der Waals surface area contributed by atoms with Crippen molar-refractivity contribution in [1.82, 2.24) is 15.0 Å². The Balaban J connectivity index is 2.39. The summed E-state index contributed by atoms with van der Waals surface area (Å²) in [5, 5.41) is 16.7. The maximum Gasteiger partial charge on any atom is 0.358 e. The number of hydrogen-bond donors (Lipinski definition) is 1. The Morgan fingerprint density at radius 1 is 1.43 bits per heavy atom. The minimum atomic E-state index is -1.13. The van der Waals surface area contributed by atoms with Gasteiger partial charge in [-0.15, -0.1) is 5.10 Å². The van der Waals surface area contributed by atoms with Crippen LogP contribution in [-0.4, -0.2) is 40.3 Å². The summed E-state index contributed by atoms with van der Waals surface area (Å²) in [6, 6.07) is 5.57. The molecule has 0 radical (unpaired) electrons. The highest BCUT2D eigenvalue weighted by molar-refractivity contribution is 9.10. The number of benzene rings is 1. The molecule has 21 heavy (non-hydrogen) atoms.